The lowest BCUT2D eigenvalue weighted by molar-refractivity contribution is 0.0876. The summed E-state index contributed by atoms with van der Waals surface area (Å²) in [6.45, 7) is 8.18. The van der Waals surface area contributed by atoms with E-state index in [2.05, 4.69) is 45.1 Å². The molecule has 84 valence electrons. The average molecular weight is 198 g/mol. The molecule has 1 saturated carbocycles. The summed E-state index contributed by atoms with van der Waals surface area (Å²) in [4.78, 5) is 2.50. The highest BCUT2D eigenvalue weighted by Gasteiger charge is 2.34. The van der Waals surface area contributed by atoms with Crippen LogP contribution in [0.1, 0.15) is 33.6 Å². The molecule has 2 nitrogen and oxygen atoms in total. The summed E-state index contributed by atoms with van der Waals surface area (Å²) in [5.74, 6) is 1.70. The molecule has 14 heavy (non-hydrogen) atoms. The van der Waals surface area contributed by atoms with Crippen LogP contribution in [-0.4, -0.2) is 37.6 Å². The maximum atomic E-state index is 3.49. The van der Waals surface area contributed by atoms with Crippen LogP contribution in [0, 0.1) is 11.8 Å². The van der Waals surface area contributed by atoms with Gasteiger partial charge >= 0.3 is 0 Å². The van der Waals surface area contributed by atoms with E-state index in [9.17, 15) is 0 Å². The van der Waals surface area contributed by atoms with Crippen molar-refractivity contribution in [2.24, 2.45) is 11.8 Å². The zero-order valence-electron chi connectivity index (χ0n) is 10.4. The largest absolute Gasteiger partial charge is 0.315 e. The molecule has 1 aliphatic carbocycles. The van der Waals surface area contributed by atoms with E-state index in [0.29, 0.717) is 6.04 Å². The number of hydrogen-bond donors (Lipinski definition) is 1. The van der Waals surface area contributed by atoms with E-state index >= 15 is 0 Å². The molecule has 2 heteroatoms. The lowest BCUT2D eigenvalue weighted by atomic mass is 9.76. The van der Waals surface area contributed by atoms with Crippen molar-refractivity contribution < 1.29 is 0 Å². The quantitative estimate of drug-likeness (QED) is 0.746. The van der Waals surface area contributed by atoms with Crippen molar-refractivity contribution >= 4 is 0 Å². The Morgan fingerprint density at radius 1 is 1.29 bits per heavy atom. The van der Waals surface area contributed by atoms with Gasteiger partial charge < -0.3 is 10.2 Å². The van der Waals surface area contributed by atoms with Gasteiger partial charge in [0, 0.05) is 12.1 Å². The summed E-state index contributed by atoms with van der Waals surface area (Å²) in [6, 6.07) is 1.40. The van der Waals surface area contributed by atoms with Gasteiger partial charge in [0.25, 0.3) is 0 Å². The number of rotatable bonds is 3. The highest BCUT2D eigenvalue weighted by Crippen LogP contribution is 2.31. The zero-order valence-corrected chi connectivity index (χ0v) is 10.4. The standard InChI is InChI=1S/C12H26N2/c1-6-14(5)12-10(3)7-9(2)8-11(12)13-4/h9-13H,6-8H2,1-5H3. The molecule has 0 bridgehead atoms. The fraction of sp³-hybridized carbons (Fsp3) is 1.00. The Kier molecular flexibility index (Phi) is 4.39. The Morgan fingerprint density at radius 3 is 2.43 bits per heavy atom. The van der Waals surface area contributed by atoms with Gasteiger partial charge in [-0.25, -0.2) is 0 Å². The van der Waals surface area contributed by atoms with Crippen molar-refractivity contribution in [2.45, 2.75) is 45.7 Å². The molecule has 4 unspecified atom stereocenters. The van der Waals surface area contributed by atoms with E-state index in [4.69, 9.17) is 0 Å². The van der Waals surface area contributed by atoms with Crippen molar-refractivity contribution in [3.05, 3.63) is 0 Å². The number of nitrogens with zero attached hydrogens (tertiary/aromatic N) is 1. The number of likely N-dealkylation sites (N-methyl/N-ethyl adjacent to an activating group) is 2. The third-order valence-corrected chi connectivity index (χ3v) is 3.80. The minimum atomic E-state index is 0.679. The van der Waals surface area contributed by atoms with Crippen LogP contribution < -0.4 is 5.32 Å². The molecule has 0 amide bonds. The Hall–Kier alpha value is -0.0800. The van der Waals surface area contributed by atoms with Crippen molar-refractivity contribution in [1.29, 1.82) is 0 Å². The predicted molar refractivity (Wildman–Crippen MR) is 62.5 cm³/mol. The monoisotopic (exact) mass is 198 g/mol. The lowest BCUT2D eigenvalue weighted by Gasteiger charge is -2.44. The van der Waals surface area contributed by atoms with E-state index < -0.39 is 0 Å². The molecule has 1 fully saturated rings. The van der Waals surface area contributed by atoms with Crippen LogP contribution in [0.5, 0.6) is 0 Å². The smallest absolute Gasteiger partial charge is 0.0271 e. The van der Waals surface area contributed by atoms with Gasteiger partial charge in [-0.05, 0) is 45.3 Å². The molecule has 0 aromatic rings. The van der Waals surface area contributed by atoms with Crippen molar-refractivity contribution in [1.82, 2.24) is 10.2 Å². The van der Waals surface area contributed by atoms with Crippen molar-refractivity contribution in [3.63, 3.8) is 0 Å². The summed E-state index contributed by atoms with van der Waals surface area (Å²) in [6.07, 6.45) is 2.71. The molecule has 0 radical (unpaired) electrons. The summed E-state index contributed by atoms with van der Waals surface area (Å²) >= 11 is 0. The van der Waals surface area contributed by atoms with Crippen LogP contribution in [0.3, 0.4) is 0 Å². The van der Waals surface area contributed by atoms with E-state index in [-0.39, 0.29) is 0 Å². The van der Waals surface area contributed by atoms with Crippen LogP contribution in [-0.2, 0) is 0 Å². The predicted octanol–water partition coefficient (Wildman–Crippen LogP) is 1.96. The van der Waals surface area contributed by atoms with Gasteiger partial charge in [-0.3, -0.25) is 0 Å². The van der Waals surface area contributed by atoms with Crippen LogP contribution in [0.25, 0.3) is 0 Å². The first-order valence-electron chi connectivity index (χ1n) is 5.97. The fourth-order valence-corrected chi connectivity index (χ4v) is 3.08. The second-order valence-electron chi connectivity index (χ2n) is 5.01. The van der Waals surface area contributed by atoms with E-state index in [1.165, 1.54) is 12.8 Å². The molecular weight excluding hydrogens is 172 g/mol. The van der Waals surface area contributed by atoms with Gasteiger partial charge in [-0.2, -0.15) is 0 Å². The minimum Gasteiger partial charge on any atom is -0.315 e. The summed E-state index contributed by atoms with van der Waals surface area (Å²) in [5, 5.41) is 3.49. The molecular formula is C12H26N2. The molecule has 0 spiro atoms. The third-order valence-electron chi connectivity index (χ3n) is 3.80. The van der Waals surface area contributed by atoms with Gasteiger partial charge in [0.1, 0.15) is 0 Å². The number of nitrogens with one attached hydrogen (secondary N) is 1. The third kappa shape index (κ3) is 2.48. The summed E-state index contributed by atoms with van der Waals surface area (Å²) in [5.41, 5.74) is 0. The molecule has 1 N–H and O–H groups in total. The second kappa shape index (κ2) is 5.13. The van der Waals surface area contributed by atoms with Gasteiger partial charge in [0.05, 0.1) is 0 Å². The molecule has 1 rings (SSSR count). The van der Waals surface area contributed by atoms with Crippen molar-refractivity contribution in [2.75, 3.05) is 20.6 Å². The Labute approximate surface area is 89.1 Å². The van der Waals surface area contributed by atoms with Gasteiger partial charge in [0.2, 0.25) is 0 Å². The molecule has 0 aliphatic heterocycles. The number of hydrogen-bond acceptors (Lipinski definition) is 2. The maximum absolute atomic E-state index is 3.49. The average Bonchev–Trinajstić information content (AvgIpc) is 2.15. The fourth-order valence-electron chi connectivity index (χ4n) is 3.08. The molecule has 0 aromatic carbocycles. The highest BCUT2D eigenvalue weighted by molar-refractivity contribution is 4.92. The minimum absolute atomic E-state index is 0.679. The maximum Gasteiger partial charge on any atom is 0.0271 e. The Morgan fingerprint density at radius 2 is 1.93 bits per heavy atom. The van der Waals surface area contributed by atoms with Crippen LogP contribution >= 0.6 is 0 Å². The SMILES string of the molecule is CCN(C)C1C(C)CC(C)CC1NC. The Bertz CT molecular complexity index is 170. The second-order valence-corrected chi connectivity index (χ2v) is 5.01. The molecule has 0 saturated heterocycles. The van der Waals surface area contributed by atoms with Crippen LogP contribution in [0.2, 0.25) is 0 Å². The van der Waals surface area contributed by atoms with E-state index in [0.717, 1.165) is 24.4 Å². The summed E-state index contributed by atoms with van der Waals surface area (Å²) < 4.78 is 0. The van der Waals surface area contributed by atoms with Gasteiger partial charge in [-0.1, -0.05) is 20.8 Å². The van der Waals surface area contributed by atoms with Crippen LogP contribution in [0.4, 0.5) is 0 Å². The first-order chi connectivity index (χ1) is 6.60. The zero-order chi connectivity index (χ0) is 10.7. The Balaban J connectivity index is 2.67. The van der Waals surface area contributed by atoms with E-state index in [1.54, 1.807) is 0 Å². The van der Waals surface area contributed by atoms with Gasteiger partial charge in [-0.15, -0.1) is 0 Å². The summed E-state index contributed by atoms with van der Waals surface area (Å²) in [7, 11) is 4.35. The first kappa shape index (κ1) is 12.0. The van der Waals surface area contributed by atoms with E-state index in [1.807, 2.05) is 0 Å². The molecule has 0 aromatic heterocycles. The first-order valence-corrected chi connectivity index (χ1v) is 5.97. The van der Waals surface area contributed by atoms with Crippen LogP contribution in [0.15, 0.2) is 0 Å². The van der Waals surface area contributed by atoms with Gasteiger partial charge in [0.15, 0.2) is 0 Å². The molecule has 1 aliphatic rings. The lowest BCUT2D eigenvalue weighted by Crippen LogP contribution is -2.54. The highest BCUT2D eigenvalue weighted by atomic mass is 15.2. The topological polar surface area (TPSA) is 15.3 Å². The normalized spacial score (nSPS) is 39.0. The van der Waals surface area contributed by atoms with Crippen molar-refractivity contribution in [3.8, 4) is 0 Å². The molecule has 0 heterocycles. The molecule has 4 atom stereocenters.